The summed E-state index contributed by atoms with van der Waals surface area (Å²) in [7, 11) is 1.59. The SMILES string of the molecule is COC(C)CC(=O)N1CCCCC1CCC(=O)O. The topological polar surface area (TPSA) is 66.8 Å². The lowest BCUT2D eigenvalue weighted by atomic mass is 9.97. The molecule has 1 heterocycles. The van der Waals surface area contributed by atoms with Gasteiger partial charge in [-0.3, -0.25) is 9.59 Å². The van der Waals surface area contributed by atoms with Crippen LogP contribution in [0.4, 0.5) is 0 Å². The summed E-state index contributed by atoms with van der Waals surface area (Å²) >= 11 is 0. The van der Waals surface area contributed by atoms with Gasteiger partial charge in [0.2, 0.25) is 5.91 Å². The van der Waals surface area contributed by atoms with Crippen molar-refractivity contribution < 1.29 is 19.4 Å². The summed E-state index contributed by atoms with van der Waals surface area (Å²) in [5.74, 6) is -0.710. The van der Waals surface area contributed by atoms with Crippen LogP contribution in [0.25, 0.3) is 0 Å². The van der Waals surface area contributed by atoms with Gasteiger partial charge in [0.1, 0.15) is 0 Å². The smallest absolute Gasteiger partial charge is 0.303 e. The second-order valence-corrected chi connectivity index (χ2v) is 4.92. The minimum absolute atomic E-state index is 0.0828. The molecule has 0 saturated carbocycles. The van der Waals surface area contributed by atoms with Gasteiger partial charge in [-0.25, -0.2) is 0 Å². The Morgan fingerprint density at radius 2 is 2.17 bits per heavy atom. The maximum Gasteiger partial charge on any atom is 0.303 e. The van der Waals surface area contributed by atoms with Crippen LogP contribution in [-0.2, 0) is 14.3 Å². The average Bonchev–Trinajstić information content (AvgIpc) is 2.36. The molecule has 2 atom stereocenters. The van der Waals surface area contributed by atoms with Crippen molar-refractivity contribution in [2.24, 2.45) is 0 Å². The molecule has 0 bridgehead atoms. The highest BCUT2D eigenvalue weighted by Crippen LogP contribution is 2.22. The molecule has 104 valence electrons. The van der Waals surface area contributed by atoms with E-state index >= 15 is 0 Å². The summed E-state index contributed by atoms with van der Waals surface area (Å²) in [6.45, 7) is 2.62. The zero-order chi connectivity index (χ0) is 13.5. The molecule has 0 aromatic carbocycles. The zero-order valence-corrected chi connectivity index (χ0v) is 11.2. The van der Waals surface area contributed by atoms with Gasteiger partial charge < -0.3 is 14.7 Å². The van der Waals surface area contributed by atoms with Gasteiger partial charge in [0.25, 0.3) is 0 Å². The third-order valence-electron chi connectivity index (χ3n) is 3.50. The summed E-state index contributed by atoms with van der Waals surface area (Å²) in [5, 5.41) is 8.73. The van der Waals surface area contributed by atoms with Crippen LogP contribution in [-0.4, -0.2) is 47.7 Å². The van der Waals surface area contributed by atoms with E-state index in [1.54, 1.807) is 7.11 Å². The van der Waals surface area contributed by atoms with Gasteiger partial charge in [0.05, 0.1) is 12.5 Å². The Bertz CT molecular complexity index is 293. The molecule has 1 amide bonds. The molecule has 5 nitrogen and oxygen atoms in total. The lowest BCUT2D eigenvalue weighted by Crippen LogP contribution is -2.44. The number of piperidine rings is 1. The van der Waals surface area contributed by atoms with Gasteiger partial charge >= 0.3 is 5.97 Å². The van der Waals surface area contributed by atoms with Gasteiger partial charge in [-0.05, 0) is 32.6 Å². The highest BCUT2D eigenvalue weighted by Gasteiger charge is 2.27. The van der Waals surface area contributed by atoms with Crippen LogP contribution < -0.4 is 0 Å². The first-order valence-electron chi connectivity index (χ1n) is 6.58. The molecule has 1 aliphatic heterocycles. The highest BCUT2D eigenvalue weighted by molar-refractivity contribution is 5.77. The fourth-order valence-corrected chi connectivity index (χ4v) is 2.37. The number of carbonyl (C=O) groups is 2. The van der Waals surface area contributed by atoms with E-state index in [4.69, 9.17) is 9.84 Å². The molecule has 1 fully saturated rings. The number of hydrogen-bond donors (Lipinski definition) is 1. The molecule has 0 aromatic rings. The lowest BCUT2D eigenvalue weighted by molar-refractivity contribution is -0.141. The monoisotopic (exact) mass is 257 g/mol. The maximum absolute atomic E-state index is 12.1. The van der Waals surface area contributed by atoms with Gasteiger partial charge in [0.15, 0.2) is 0 Å². The van der Waals surface area contributed by atoms with Crippen molar-refractivity contribution in [2.75, 3.05) is 13.7 Å². The largest absolute Gasteiger partial charge is 0.481 e. The molecule has 1 rings (SSSR count). The number of likely N-dealkylation sites (tertiary alicyclic amines) is 1. The summed E-state index contributed by atoms with van der Waals surface area (Å²) in [6, 6.07) is 0.0893. The molecule has 0 radical (unpaired) electrons. The van der Waals surface area contributed by atoms with Crippen molar-refractivity contribution in [3.8, 4) is 0 Å². The van der Waals surface area contributed by atoms with E-state index in [2.05, 4.69) is 0 Å². The summed E-state index contributed by atoms with van der Waals surface area (Å²) in [4.78, 5) is 24.6. The number of carboxylic acid groups (broad SMARTS) is 1. The van der Waals surface area contributed by atoms with Crippen molar-refractivity contribution in [3.63, 3.8) is 0 Å². The van der Waals surface area contributed by atoms with Gasteiger partial charge in [-0.2, -0.15) is 0 Å². The molecule has 0 spiro atoms. The molecule has 5 heteroatoms. The molecule has 0 aromatic heterocycles. The normalized spacial score (nSPS) is 21.7. The molecule has 1 N–H and O–H groups in total. The quantitative estimate of drug-likeness (QED) is 0.785. The summed E-state index contributed by atoms with van der Waals surface area (Å²) < 4.78 is 5.10. The van der Waals surface area contributed by atoms with Gasteiger partial charge in [-0.15, -0.1) is 0 Å². The minimum Gasteiger partial charge on any atom is -0.481 e. The Morgan fingerprint density at radius 1 is 1.44 bits per heavy atom. The molecule has 0 aliphatic carbocycles. The Labute approximate surface area is 108 Å². The van der Waals surface area contributed by atoms with E-state index in [0.29, 0.717) is 12.8 Å². The highest BCUT2D eigenvalue weighted by atomic mass is 16.5. The van der Waals surface area contributed by atoms with E-state index in [1.807, 2.05) is 11.8 Å². The van der Waals surface area contributed by atoms with Crippen molar-refractivity contribution in [3.05, 3.63) is 0 Å². The molecule has 1 saturated heterocycles. The number of carboxylic acids is 1. The Hall–Kier alpha value is -1.10. The van der Waals surface area contributed by atoms with Crippen LogP contribution in [0.15, 0.2) is 0 Å². The first-order valence-corrected chi connectivity index (χ1v) is 6.58. The minimum atomic E-state index is -0.793. The second kappa shape index (κ2) is 7.36. The summed E-state index contributed by atoms with van der Waals surface area (Å²) in [6.07, 6.45) is 3.99. The Morgan fingerprint density at radius 3 is 2.78 bits per heavy atom. The van der Waals surface area contributed by atoms with Crippen LogP contribution in [0, 0.1) is 0 Å². The Balaban J connectivity index is 2.52. The average molecular weight is 257 g/mol. The fraction of sp³-hybridized carbons (Fsp3) is 0.846. The van der Waals surface area contributed by atoms with Crippen LogP contribution >= 0.6 is 0 Å². The van der Waals surface area contributed by atoms with E-state index in [0.717, 1.165) is 25.8 Å². The third kappa shape index (κ3) is 4.64. The molecule has 2 unspecified atom stereocenters. The zero-order valence-electron chi connectivity index (χ0n) is 11.2. The molecule has 18 heavy (non-hydrogen) atoms. The predicted molar refractivity (Wildman–Crippen MR) is 67.3 cm³/mol. The van der Waals surface area contributed by atoms with E-state index in [1.165, 1.54) is 0 Å². The number of nitrogens with zero attached hydrogens (tertiary/aromatic N) is 1. The molecular weight excluding hydrogens is 234 g/mol. The van der Waals surface area contributed by atoms with E-state index < -0.39 is 5.97 Å². The second-order valence-electron chi connectivity index (χ2n) is 4.92. The number of hydrogen-bond acceptors (Lipinski definition) is 3. The van der Waals surface area contributed by atoms with Crippen molar-refractivity contribution in [1.82, 2.24) is 4.90 Å². The molecular formula is C13H23NO4. The van der Waals surface area contributed by atoms with Gasteiger partial charge in [0, 0.05) is 26.1 Å². The number of amides is 1. The number of methoxy groups -OCH3 is 1. The maximum atomic E-state index is 12.1. The number of aliphatic carboxylic acids is 1. The number of ether oxygens (including phenoxy) is 1. The number of carbonyl (C=O) groups excluding carboxylic acids is 1. The predicted octanol–water partition coefficient (Wildman–Crippen LogP) is 1.66. The van der Waals surface area contributed by atoms with E-state index in [9.17, 15) is 9.59 Å². The fourth-order valence-electron chi connectivity index (χ4n) is 2.37. The van der Waals surface area contributed by atoms with Crippen LogP contribution in [0.5, 0.6) is 0 Å². The standard InChI is InChI=1S/C13H23NO4/c1-10(18-2)9-12(15)14-8-4-3-5-11(14)6-7-13(16)17/h10-11H,3-9H2,1-2H3,(H,16,17). The van der Waals surface area contributed by atoms with Crippen molar-refractivity contribution >= 4 is 11.9 Å². The lowest BCUT2D eigenvalue weighted by Gasteiger charge is -2.36. The van der Waals surface area contributed by atoms with E-state index in [-0.39, 0.29) is 24.5 Å². The number of rotatable bonds is 6. The van der Waals surface area contributed by atoms with Crippen LogP contribution in [0.1, 0.15) is 45.4 Å². The Kier molecular flexibility index (Phi) is 6.12. The third-order valence-corrected chi connectivity index (χ3v) is 3.50. The van der Waals surface area contributed by atoms with Crippen LogP contribution in [0.3, 0.4) is 0 Å². The van der Waals surface area contributed by atoms with Crippen molar-refractivity contribution in [1.29, 1.82) is 0 Å². The van der Waals surface area contributed by atoms with Crippen molar-refractivity contribution in [2.45, 2.75) is 57.6 Å². The first kappa shape index (κ1) is 15.0. The summed E-state index contributed by atoms with van der Waals surface area (Å²) in [5.41, 5.74) is 0. The van der Waals surface area contributed by atoms with Gasteiger partial charge in [-0.1, -0.05) is 0 Å². The van der Waals surface area contributed by atoms with Crippen LogP contribution in [0.2, 0.25) is 0 Å². The molecule has 1 aliphatic rings. The first-order chi connectivity index (χ1) is 8.54.